The highest BCUT2D eigenvalue weighted by Crippen LogP contribution is 2.49. The van der Waals surface area contributed by atoms with E-state index in [1.807, 2.05) is 0 Å². The van der Waals surface area contributed by atoms with Gasteiger partial charge in [0.05, 0.1) is 0 Å². The molecule has 2 aromatic rings. The molecule has 0 amide bonds. The number of nitrogens with zero attached hydrogens (tertiary/aromatic N) is 1. The zero-order chi connectivity index (χ0) is 17.8. The van der Waals surface area contributed by atoms with Crippen molar-refractivity contribution in [3.8, 4) is 0 Å². The van der Waals surface area contributed by atoms with Crippen molar-refractivity contribution >= 4 is 11.8 Å². The lowest BCUT2D eigenvalue weighted by molar-refractivity contribution is 0.167. The number of thioether (sulfide) groups is 1. The summed E-state index contributed by atoms with van der Waals surface area (Å²) in [5, 5.41) is 3.38. The molecule has 0 radical (unpaired) electrons. The van der Waals surface area contributed by atoms with Gasteiger partial charge in [0.1, 0.15) is 0 Å². The van der Waals surface area contributed by atoms with Gasteiger partial charge in [-0.15, -0.1) is 11.8 Å². The molecule has 0 aromatic heterocycles. The van der Waals surface area contributed by atoms with E-state index in [1.165, 1.54) is 55.1 Å². The Labute approximate surface area is 162 Å². The normalized spacial score (nSPS) is 20.2. The number of piperidine rings is 1. The van der Waals surface area contributed by atoms with E-state index in [0.29, 0.717) is 11.3 Å². The van der Waals surface area contributed by atoms with Gasteiger partial charge in [0.25, 0.3) is 0 Å². The summed E-state index contributed by atoms with van der Waals surface area (Å²) in [6, 6.07) is 20.1. The molecule has 3 heteroatoms. The first-order valence-electron chi connectivity index (χ1n) is 9.95. The van der Waals surface area contributed by atoms with Crippen LogP contribution in [0.4, 0.5) is 0 Å². The van der Waals surface area contributed by atoms with Crippen LogP contribution in [0.25, 0.3) is 0 Å². The van der Waals surface area contributed by atoms with Gasteiger partial charge in [-0.3, -0.25) is 0 Å². The molecule has 2 aromatic carbocycles. The molecule has 26 heavy (non-hydrogen) atoms. The van der Waals surface area contributed by atoms with Crippen LogP contribution in [0.1, 0.15) is 36.3 Å². The van der Waals surface area contributed by atoms with Gasteiger partial charge in [0.2, 0.25) is 0 Å². The third-order valence-corrected chi connectivity index (χ3v) is 7.65. The molecule has 1 fully saturated rings. The van der Waals surface area contributed by atoms with Gasteiger partial charge < -0.3 is 10.2 Å². The van der Waals surface area contributed by atoms with E-state index in [-0.39, 0.29) is 0 Å². The van der Waals surface area contributed by atoms with Crippen molar-refractivity contribution in [2.75, 3.05) is 39.0 Å². The van der Waals surface area contributed by atoms with Crippen LogP contribution in [0, 0.1) is 0 Å². The largest absolute Gasteiger partial charge is 0.319 e. The van der Waals surface area contributed by atoms with E-state index < -0.39 is 0 Å². The van der Waals surface area contributed by atoms with E-state index >= 15 is 0 Å². The second-order valence-electron chi connectivity index (χ2n) is 7.86. The van der Waals surface area contributed by atoms with Crippen LogP contribution in [0.15, 0.2) is 59.5 Å². The van der Waals surface area contributed by atoms with Gasteiger partial charge >= 0.3 is 0 Å². The van der Waals surface area contributed by atoms with E-state index in [9.17, 15) is 0 Å². The number of rotatable bonds is 6. The predicted octanol–water partition coefficient (Wildman–Crippen LogP) is 4.52. The van der Waals surface area contributed by atoms with Crippen molar-refractivity contribution in [1.82, 2.24) is 10.2 Å². The number of likely N-dealkylation sites (tertiary alicyclic amines) is 1. The minimum absolute atomic E-state index is 0.446. The third-order valence-electron chi connectivity index (χ3n) is 6.29. The van der Waals surface area contributed by atoms with Crippen LogP contribution in [0.2, 0.25) is 0 Å². The molecule has 2 aliphatic heterocycles. The van der Waals surface area contributed by atoms with E-state index in [0.717, 1.165) is 6.54 Å². The lowest BCUT2D eigenvalue weighted by Gasteiger charge is -2.40. The maximum Gasteiger partial charge on any atom is 0.0110 e. The van der Waals surface area contributed by atoms with Crippen molar-refractivity contribution in [3.05, 3.63) is 65.7 Å². The lowest BCUT2D eigenvalue weighted by atomic mass is 9.74. The zero-order valence-electron chi connectivity index (χ0n) is 15.8. The molecule has 4 rings (SSSR count). The van der Waals surface area contributed by atoms with Gasteiger partial charge in [-0.2, -0.15) is 0 Å². The van der Waals surface area contributed by atoms with Crippen molar-refractivity contribution in [2.24, 2.45) is 0 Å². The monoisotopic (exact) mass is 366 g/mol. The Hall–Kier alpha value is -1.29. The second-order valence-corrected chi connectivity index (χ2v) is 8.88. The summed E-state index contributed by atoms with van der Waals surface area (Å²) >= 11 is 2.07. The summed E-state index contributed by atoms with van der Waals surface area (Å²) in [6.07, 6.45) is 3.88. The van der Waals surface area contributed by atoms with E-state index in [2.05, 4.69) is 83.6 Å². The number of nitrogens with one attached hydrogen (secondary N) is 1. The molecular formula is C23H30N2S. The SMILES string of the molecule is CNCC(CCN1CCC2(CC1)CSc1ccccc12)c1ccccc1. The van der Waals surface area contributed by atoms with Crippen molar-refractivity contribution in [3.63, 3.8) is 0 Å². The fraction of sp³-hybridized carbons (Fsp3) is 0.478. The van der Waals surface area contributed by atoms with Gasteiger partial charge in [0.15, 0.2) is 0 Å². The molecule has 1 saturated heterocycles. The summed E-state index contributed by atoms with van der Waals surface area (Å²) in [5.74, 6) is 1.90. The number of hydrogen-bond donors (Lipinski definition) is 1. The number of hydrogen-bond acceptors (Lipinski definition) is 3. The van der Waals surface area contributed by atoms with Crippen LogP contribution in [0.5, 0.6) is 0 Å². The van der Waals surface area contributed by atoms with Crippen LogP contribution in [0.3, 0.4) is 0 Å². The van der Waals surface area contributed by atoms with Gasteiger partial charge in [-0.25, -0.2) is 0 Å². The molecule has 138 valence electrons. The van der Waals surface area contributed by atoms with Crippen molar-refractivity contribution in [2.45, 2.75) is 35.5 Å². The maximum atomic E-state index is 3.38. The Balaban J connectivity index is 1.34. The molecule has 0 aliphatic carbocycles. The fourth-order valence-electron chi connectivity index (χ4n) is 4.64. The maximum absolute atomic E-state index is 3.38. The minimum atomic E-state index is 0.446. The smallest absolute Gasteiger partial charge is 0.0110 e. The molecule has 1 atom stereocenters. The Morgan fingerprint density at radius 1 is 1.04 bits per heavy atom. The quantitative estimate of drug-likeness (QED) is 0.809. The predicted molar refractivity (Wildman–Crippen MR) is 112 cm³/mol. The summed E-state index contributed by atoms with van der Waals surface area (Å²) in [4.78, 5) is 4.22. The number of likely N-dealkylation sites (N-methyl/N-ethyl adjacent to an activating group) is 1. The fourth-order valence-corrected chi connectivity index (χ4v) is 6.13. The summed E-state index contributed by atoms with van der Waals surface area (Å²) in [7, 11) is 2.07. The molecule has 2 nitrogen and oxygen atoms in total. The summed E-state index contributed by atoms with van der Waals surface area (Å²) in [5.41, 5.74) is 3.54. The third kappa shape index (κ3) is 3.71. The van der Waals surface area contributed by atoms with Crippen LogP contribution >= 0.6 is 11.8 Å². The molecule has 0 bridgehead atoms. The van der Waals surface area contributed by atoms with E-state index in [4.69, 9.17) is 0 Å². The van der Waals surface area contributed by atoms with Crippen LogP contribution in [-0.2, 0) is 5.41 Å². The Morgan fingerprint density at radius 2 is 1.77 bits per heavy atom. The standard InChI is InChI=1S/C23H30N2S/c1-24-17-20(19-7-3-2-4-8-19)11-14-25-15-12-23(13-16-25)18-26-22-10-6-5-9-21(22)23/h2-10,20,24H,11-18H2,1H3. The molecule has 2 aliphatic rings. The molecular weight excluding hydrogens is 336 g/mol. The highest BCUT2D eigenvalue weighted by Gasteiger charge is 2.41. The Morgan fingerprint density at radius 3 is 2.54 bits per heavy atom. The average Bonchev–Trinajstić information content (AvgIpc) is 3.06. The second kappa shape index (κ2) is 8.16. The first kappa shape index (κ1) is 18.1. The topological polar surface area (TPSA) is 15.3 Å². The molecule has 1 unspecified atom stereocenters. The van der Waals surface area contributed by atoms with Crippen molar-refractivity contribution in [1.29, 1.82) is 0 Å². The first-order chi connectivity index (χ1) is 12.8. The lowest BCUT2D eigenvalue weighted by Crippen LogP contribution is -2.43. The highest BCUT2D eigenvalue weighted by atomic mass is 32.2. The summed E-state index contributed by atoms with van der Waals surface area (Å²) < 4.78 is 0. The zero-order valence-corrected chi connectivity index (χ0v) is 16.6. The van der Waals surface area contributed by atoms with Gasteiger partial charge in [-0.05, 0) is 69.1 Å². The molecule has 1 spiro atoms. The first-order valence-corrected chi connectivity index (χ1v) is 10.9. The Bertz CT molecular complexity index is 707. The number of fused-ring (bicyclic) bond motifs is 2. The number of benzene rings is 2. The molecule has 2 heterocycles. The Kier molecular flexibility index (Phi) is 5.68. The molecule has 0 saturated carbocycles. The molecule has 1 N–H and O–H groups in total. The van der Waals surface area contributed by atoms with Crippen molar-refractivity contribution < 1.29 is 0 Å². The van der Waals surface area contributed by atoms with Crippen LogP contribution < -0.4 is 5.32 Å². The van der Waals surface area contributed by atoms with Gasteiger partial charge in [-0.1, -0.05) is 48.5 Å². The van der Waals surface area contributed by atoms with Gasteiger partial charge in [0, 0.05) is 22.6 Å². The van der Waals surface area contributed by atoms with E-state index in [1.54, 1.807) is 5.56 Å². The minimum Gasteiger partial charge on any atom is -0.319 e. The highest BCUT2D eigenvalue weighted by molar-refractivity contribution is 7.99. The average molecular weight is 367 g/mol. The summed E-state index contributed by atoms with van der Waals surface area (Å²) in [6.45, 7) is 4.77. The van der Waals surface area contributed by atoms with Crippen LogP contribution in [-0.4, -0.2) is 43.9 Å².